The van der Waals surface area contributed by atoms with Gasteiger partial charge >= 0.3 is 5.97 Å². The number of hydrogen-bond donors (Lipinski definition) is 2. The van der Waals surface area contributed by atoms with Gasteiger partial charge in [0.15, 0.2) is 5.78 Å². The molecule has 3 fully saturated rings. The molecule has 1 aromatic carbocycles. The van der Waals surface area contributed by atoms with Gasteiger partial charge in [-0.05, 0) is 94.4 Å². The molecule has 168 valence electrons. The fraction of sp³-hybridized carbons (Fsp3) is 0.640. The van der Waals surface area contributed by atoms with Crippen LogP contribution in [0, 0.1) is 17.3 Å². The summed E-state index contributed by atoms with van der Waals surface area (Å²) in [6.45, 7) is 0.553. The Balaban J connectivity index is 1.16. The Bertz CT molecular complexity index is 802. The third-order valence-electron chi connectivity index (χ3n) is 7.59. The zero-order valence-corrected chi connectivity index (χ0v) is 18.1. The first kappa shape index (κ1) is 21.8. The molecule has 31 heavy (non-hydrogen) atoms. The highest BCUT2D eigenvalue weighted by molar-refractivity contribution is 5.96. The second kappa shape index (κ2) is 9.41. The number of carboxylic acid groups (broad SMARTS) is 1. The molecule has 0 saturated heterocycles. The zero-order valence-electron chi connectivity index (χ0n) is 18.1. The minimum atomic E-state index is -0.716. The lowest BCUT2D eigenvalue weighted by Gasteiger charge is -2.26. The van der Waals surface area contributed by atoms with Gasteiger partial charge in [-0.3, -0.25) is 14.4 Å². The number of ether oxygens (including phenoxy) is 1. The molecule has 4 rings (SSSR count). The average molecular weight is 428 g/mol. The van der Waals surface area contributed by atoms with Crippen LogP contribution in [0.5, 0.6) is 5.75 Å². The predicted molar refractivity (Wildman–Crippen MR) is 116 cm³/mol. The average Bonchev–Trinajstić information content (AvgIpc) is 3.40. The van der Waals surface area contributed by atoms with Gasteiger partial charge in [0, 0.05) is 23.9 Å². The van der Waals surface area contributed by atoms with Crippen LogP contribution < -0.4 is 10.1 Å². The summed E-state index contributed by atoms with van der Waals surface area (Å²) in [7, 11) is 0. The molecule has 6 heteroatoms. The van der Waals surface area contributed by atoms with Crippen molar-refractivity contribution in [3.63, 3.8) is 0 Å². The first-order valence-electron chi connectivity index (χ1n) is 11.8. The van der Waals surface area contributed by atoms with E-state index in [2.05, 4.69) is 5.32 Å². The summed E-state index contributed by atoms with van der Waals surface area (Å²) in [6.07, 6.45) is 9.35. The second-order valence-electron chi connectivity index (χ2n) is 9.66. The first-order chi connectivity index (χ1) is 14.9. The molecule has 0 heterocycles. The predicted octanol–water partition coefficient (Wildman–Crippen LogP) is 4.37. The minimum Gasteiger partial charge on any atom is -0.490 e. The monoisotopic (exact) mass is 427 g/mol. The van der Waals surface area contributed by atoms with E-state index < -0.39 is 5.97 Å². The first-order valence-corrected chi connectivity index (χ1v) is 11.8. The number of carbonyl (C=O) groups is 3. The van der Waals surface area contributed by atoms with Crippen LogP contribution in [0.3, 0.4) is 0 Å². The number of rotatable bonds is 9. The summed E-state index contributed by atoms with van der Waals surface area (Å²) in [5.74, 6) is 0.762. The van der Waals surface area contributed by atoms with Crippen LogP contribution in [-0.4, -0.2) is 35.4 Å². The molecule has 1 amide bonds. The fourth-order valence-corrected chi connectivity index (χ4v) is 5.63. The molecular formula is C25H33NO5. The topological polar surface area (TPSA) is 92.7 Å². The summed E-state index contributed by atoms with van der Waals surface area (Å²) in [4.78, 5) is 36.1. The number of carbonyl (C=O) groups excluding carboxylic acids is 2. The van der Waals surface area contributed by atoms with Crippen LogP contribution in [0.2, 0.25) is 0 Å². The molecular weight excluding hydrogens is 394 g/mol. The molecule has 0 radical (unpaired) electrons. The molecule has 2 N–H and O–H groups in total. The molecule has 0 atom stereocenters. The highest BCUT2D eigenvalue weighted by Crippen LogP contribution is 2.54. The van der Waals surface area contributed by atoms with E-state index in [-0.39, 0.29) is 29.1 Å². The summed E-state index contributed by atoms with van der Waals surface area (Å²) < 4.78 is 5.96. The standard InChI is InChI=1S/C25H33NO5/c27-22(2-1-15-26-24(30)25-13-11-17(16-25)12-14-25)18-3-7-20(8-4-18)31-21-9-5-19(6-10-21)23(28)29/h3-4,7-8,17,19,21H,1-2,5-6,9-16H2,(H,26,30)(H,28,29). The number of carboxylic acids is 1. The van der Waals surface area contributed by atoms with Crippen molar-refractivity contribution in [3.8, 4) is 5.75 Å². The van der Waals surface area contributed by atoms with Crippen molar-refractivity contribution in [1.82, 2.24) is 5.32 Å². The third kappa shape index (κ3) is 5.10. The van der Waals surface area contributed by atoms with Crippen LogP contribution in [-0.2, 0) is 9.59 Å². The van der Waals surface area contributed by atoms with Crippen molar-refractivity contribution >= 4 is 17.7 Å². The molecule has 2 bridgehead atoms. The quantitative estimate of drug-likeness (QED) is 0.451. The lowest BCUT2D eigenvalue weighted by Crippen LogP contribution is -2.38. The van der Waals surface area contributed by atoms with Crippen molar-refractivity contribution in [2.45, 2.75) is 76.7 Å². The van der Waals surface area contributed by atoms with E-state index in [9.17, 15) is 14.4 Å². The van der Waals surface area contributed by atoms with Gasteiger partial charge in [0.05, 0.1) is 12.0 Å². The maximum Gasteiger partial charge on any atom is 0.306 e. The SMILES string of the molecule is O=C(CCCNC(=O)C12CCC(CC1)C2)c1ccc(OC2CCC(C(=O)O)CC2)cc1. The molecule has 3 aliphatic rings. The van der Waals surface area contributed by atoms with Crippen LogP contribution in [0.25, 0.3) is 0 Å². The number of fused-ring (bicyclic) bond motifs is 2. The Morgan fingerprint density at radius 3 is 2.26 bits per heavy atom. The molecule has 0 aromatic heterocycles. The number of nitrogens with one attached hydrogen (secondary N) is 1. The molecule has 0 spiro atoms. The van der Waals surface area contributed by atoms with Crippen molar-refractivity contribution in [3.05, 3.63) is 29.8 Å². The molecule has 3 saturated carbocycles. The van der Waals surface area contributed by atoms with Gasteiger partial charge in [-0.1, -0.05) is 0 Å². The maximum absolute atomic E-state index is 12.6. The van der Waals surface area contributed by atoms with Crippen molar-refractivity contribution in [1.29, 1.82) is 0 Å². The van der Waals surface area contributed by atoms with E-state index in [0.29, 0.717) is 43.5 Å². The largest absolute Gasteiger partial charge is 0.490 e. The van der Waals surface area contributed by atoms with Gasteiger partial charge in [0.1, 0.15) is 5.75 Å². The summed E-state index contributed by atoms with van der Waals surface area (Å²) >= 11 is 0. The molecule has 1 aromatic rings. The maximum atomic E-state index is 12.6. The van der Waals surface area contributed by atoms with Crippen molar-refractivity contribution < 1.29 is 24.2 Å². The Kier molecular flexibility index (Phi) is 6.63. The van der Waals surface area contributed by atoms with E-state index >= 15 is 0 Å². The van der Waals surface area contributed by atoms with Gasteiger partial charge in [-0.15, -0.1) is 0 Å². The van der Waals surface area contributed by atoms with Gasteiger partial charge < -0.3 is 15.2 Å². The van der Waals surface area contributed by atoms with Gasteiger partial charge in [0.2, 0.25) is 5.91 Å². The van der Waals surface area contributed by atoms with E-state index in [0.717, 1.165) is 38.0 Å². The number of Topliss-reactive ketones (excluding diaryl/α,β-unsaturated/α-hetero) is 1. The van der Waals surface area contributed by atoms with E-state index in [4.69, 9.17) is 9.84 Å². The Labute approximate surface area is 183 Å². The minimum absolute atomic E-state index is 0.0373. The van der Waals surface area contributed by atoms with Gasteiger partial charge in [-0.25, -0.2) is 0 Å². The van der Waals surface area contributed by atoms with Crippen molar-refractivity contribution in [2.75, 3.05) is 6.54 Å². The number of aliphatic carboxylic acids is 1. The Morgan fingerprint density at radius 2 is 1.68 bits per heavy atom. The Morgan fingerprint density at radius 1 is 1.00 bits per heavy atom. The second-order valence-corrected chi connectivity index (χ2v) is 9.66. The highest BCUT2D eigenvalue weighted by Gasteiger charge is 2.49. The van der Waals surface area contributed by atoms with Crippen LogP contribution in [0.1, 0.15) is 81.0 Å². The normalized spacial score (nSPS) is 29.5. The number of amides is 1. The zero-order chi connectivity index (χ0) is 21.8. The highest BCUT2D eigenvalue weighted by atomic mass is 16.5. The molecule has 0 unspecified atom stereocenters. The summed E-state index contributed by atoms with van der Waals surface area (Å²) in [5, 5.41) is 12.1. The lowest BCUT2D eigenvalue weighted by molar-refractivity contribution is -0.143. The van der Waals surface area contributed by atoms with Crippen LogP contribution in [0.4, 0.5) is 0 Å². The van der Waals surface area contributed by atoms with Gasteiger partial charge in [0.25, 0.3) is 0 Å². The van der Waals surface area contributed by atoms with Gasteiger partial charge in [-0.2, -0.15) is 0 Å². The number of benzene rings is 1. The van der Waals surface area contributed by atoms with E-state index in [1.165, 1.54) is 12.8 Å². The summed E-state index contributed by atoms with van der Waals surface area (Å²) in [6, 6.07) is 7.20. The third-order valence-corrected chi connectivity index (χ3v) is 7.59. The molecule has 3 aliphatic carbocycles. The fourth-order valence-electron chi connectivity index (χ4n) is 5.63. The van der Waals surface area contributed by atoms with Crippen LogP contribution in [0.15, 0.2) is 24.3 Å². The Hall–Kier alpha value is -2.37. The van der Waals surface area contributed by atoms with E-state index in [1.807, 2.05) is 12.1 Å². The van der Waals surface area contributed by atoms with Crippen molar-refractivity contribution in [2.24, 2.45) is 17.3 Å². The summed E-state index contributed by atoms with van der Waals surface area (Å²) in [5.41, 5.74) is 0.540. The lowest BCUT2D eigenvalue weighted by atomic mass is 9.83. The molecule has 0 aliphatic heterocycles. The molecule has 6 nitrogen and oxygen atoms in total. The van der Waals surface area contributed by atoms with Crippen LogP contribution >= 0.6 is 0 Å². The van der Waals surface area contributed by atoms with E-state index in [1.54, 1.807) is 12.1 Å². The smallest absolute Gasteiger partial charge is 0.306 e. The number of hydrogen-bond acceptors (Lipinski definition) is 4. The number of ketones is 1.